The molecule has 1 N–H and O–H groups in total. The molecule has 0 fully saturated rings. The summed E-state index contributed by atoms with van der Waals surface area (Å²) in [5.74, 6) is -0.256. The number of sulfone groups is 1. The number of aryl methyl sites for hydroxylation is 2. The number of benzene rings is 2. The van der Waals surface area contributed by atoms with E-state index in [-0.39, 0.29) is 10.8 Å². The van der Waals surface area contributed by atoms with Crippen molar-refractivity contribution in [1.82, 2.24) is 4.98 Å². The predicted molar refractivity (Wildman–Crippen MR) is 98.7 cm³/mol. The first-order chi connectivity index (χ1) is 11.7. The number of rotatable bonds is 3. The Bertz CT molecular complexity index is 1070. The molecule has 0 bridgehead atoms. The Kier molecular flexibility index (Phi) is 4.30. The number of anilines is 1. The van der Waals surface area contributed by atoms with E-state index in [1.165, 1.54) is 12.1 Å². The van der Waals surface area contributed by atoms with Gasteiger partial charge in [-0.3, -0.25) is 9.78 Å². The van der Waals surface area contributed by atoms with Crippen LogP contribution in [0.5, 0.6) is 0 Å². The highest BCUT2D eigenvalue weighted by Crippen LogP contribution is 2.22. The van der Waals surface area contributed by atoms with E-state index in [1.807, 2.05) is 32.0 Å². The molecular weight excluding hydrogens is 336 g/mol. The van der Waals surface area contributed by atoms with Crippen LogP contribution in [0.1, 0.15) is 21.6 Å². The number of amides is 1. The normalized spacial score (nSPS) is 11.5. The molecule has 1 amide bonds. The van der Waals surface area contributed by atoms with E-state index in [2.05, 4.69) is 10.3 Å². The topological polar surface area (TPSA) is 76.1 Å². The molecule has 5 nitrogen and oxygen atoms in total. The third kappa shape index (κ3) is 3.69. The van der Waals surface area contributed by atoms with E-state index in [0.29, 0.717) is 11.3 Å². The van der Waals surface area contributed by atoms with Crippen molar-refractivity contribution < 1.29 is 13.2 Å². The van der Waals surface area contributed by atoms with E-state index in [4.69, 9.17) is 0 Å². The van der Waals surface area contributed by atoms with Gasteiger partial charge in [0, 0.05) is 23.0 Å². The number of pyridine rings is 1. The molecule has 0 aliphatic heterocycles. The number of hydrogen-bond donors (Lipinski definition) is 1. The van der Waals surface area contributed by atoms with Gasteiger partial charge < -0.3 is 5.32 Å². The zero-order valence-electron chi connectivity index (χ0n) is 14.2. The van der Waals surface area contributed by atoms with Crippen molar-refractivity contribution in [3.05, 3.63) is 65.4 Å². The number of nitrogens with zero attached hydrogens (tertiary/aromatic N) is 1. The van der Waals surface area contributed by atoms with Crippen LogP contribution >= 0.6 is 0 Å². The SMILES string of the molecule is Cc1ccc2nc(C)cc(C(=O)Nc3ccc(S(C)(=O)=O)cc3)c2c1. The molecule has 3 aromatic rings. The zero-order chi connectivity index (χ0) is 18.2. The number of fused-ring (bicyclic) bond motifs is 1. The molecule has 0 aliphatic rings. The van der Waals surface area contributed by atoms with Crippen LogP contribution in [0.3, 0.4) is 0 Å². The molecule has 128 valence electrons. The van der Waals surface area contributed by atoms with Gasteiger partial charge >= 0.3 is 0 Å². The minimum atomic E-state index is -3.26. The van der Waals surface area contributed by atoms with Gasteiger partial charge in [-0.25, -0.2) is 8.42 Å². The third-order valence-corrected chi connectivity index (χ3v) is 5.01. The maximum absolute atomic E-state index is 12.7. The molecule has 0 atom stereocenters. The van der Waals surface area contributed by atoms with Crippen molar-refractivity contribution in [2.45, 2.75) is 18.7 Å². The lowest BCUT2D eigenvalue weighted by atomic mass is 10.0. The van der Waals surface area contributed by atoms with Gasteiger partial charge in [-0.2, -0.15) is 0 Å². The first kappa shape index (κ1) is 17.1. The average Bonchev–Trinajstić information content (AvgIpc) is 2.54. The van der Waals surface area contributed by atoms with E-state index < -0.39 is 9.84 Å². The summed E-state index contributed by atoms with van der Waals surface area (Å²) in [7, 11) is -3.26. The van der Waals surface area contributed by atoms with Crippen LogP contribution in [-0.2, 0) is 9.84 Å². The van der Waals surface area contributed by atoms with E-state index >= 15 is 0 Å². The molecule has 0 spiro atoms. The van der Waals surface area contributed by atoms with Crippen molar-refractivity contribution in [1.29, 1.82) is 0 Å². The second-order valence-electron chi connectivity index (χ2n) is 6.08. The summed E-state index contributed by atoms with van der Waals surface area (Å²) in [5.41, 5.74) is 3.65. The predicted octanol–water partition coefficient (Wildman–Crippen LogP) is 3.51. The Hall–Kier alpha value is -2.73. The molecule has 3 rings (SSSR count). The highest BCUT2D eigenvalue weighted by Gasteiger charge is 2.13. The number of hydrogen-bond acceptors (Lipinski definition) is 4. The van der Waals surface area contributed by atoms with Crippen LogP contribution in [0.2, 0.25) is 0 Å². The van der Waals surface area contributed by atoms with Gasteiger partial charge in [-0.05, 0) is 56.3 Å². The molecule has 0 radical (unpaired) electrons. The second-order valence-corrected chi connectivity index (χ2v) is 8.10. The summed E-state index contributed by atoms with van der Waals surface area (Å²) in [4.78, 5) is 17.4. The lowest BCUT2D eigenvalue weighted by molar-refractivity contribution is 0.102. The molecule has 2 aromatic carbocycles. The Morgan fingerprint density at radius 1 is 1.00 bits per heavy atom. The van der Waals surface area contributed by atoms with E-state index in [1.54, 1.807) is 18.2 Å². The van der Waals surface area contributed by atoms with Gasteiger partial charge in [-0.1, -0.05) is 11.6 Å². The minimum absolute atomic E-state index is 0.214. The highest BCUT2D eigenvalue weighted by atomic mass is 32.2. The maximum atomic E-state index is 12.7. The molecule has 0 unspecified atom stereocenters. The Labute approximate surface area is 146 Å². The molecule has 1 heterocycles. The average molecular weight is 354 g/mol. The molecule has 0 saturated carbocycles. The standard InChI is InChI=1S/C19H18N2O3S/c1-12-4-9-18-16(10-12)17(11-13(2)20-18)19(22)21-14-5-7-15(8-6-14)25(3,23)24/h4-11H,1-3H3,(H,21,22). The first-order valence-corrected chi connectivity index (χ1v) is 9.63. The molecule has 6 heteroatoms. The largest absolute Gasteiger partial charge is 0.322 e. The highest BCUT2D eigenvalue weighted by molar-refractivity contribution is 7.90. The second kappa shape index (κ2) is 6.29. The van der Waals surface area contributed by atoms with Crippen LogP contribution in [-0.4, -0.2) is 25.6 Å². The van der Waals surface area contributed by atoms with Gasteiger partial charge in [0.05, 0.1) is 16.0 Å². The molecular formula is C19H18N2O3S. The van der Waals surface area contributed by atoms with Crippen molar-refractivity contribution in [2.24, 2.45) is 0 Å². The van der Waals surface area contributed by atoms with Gasteiger partial charge in [0.1, 0.15) is 0 Å². The number of nitrogens with one attached hydrogen (secondary N) is 1. The molecule has 0 aliphatic carbocycles. The van der Waals surface area contributed by atoms with Gasteiger partial charge in [0.2, 0.25) is 0 Å². The van der Waals surface area contributed by atoms with Crippen molar-refractivity contribution in [2.75, 3.05) is 11.6 Å². The van der Waals surface area contributed by atoms with Gasteiger partial charge in [0.15, 0.2) is 9.84 Å². The first-order valence-electron chi connectivity index (χ1n) is 7.73. The number of carbonyl (C=O) groups is 1. The number of aromatic nitrogens is 1. The Morgan fingerprint density at radius 2 is 1.68 bits per heavy atom. The summed E-state index contributed by atoms with van der Waals surface area (Å²) in [6.07, 6.45) is 1.15. The maximum Gasteiger partial charge on any atom is 0.256 e. The molecule has 25 heavy (non-hydrogen) atoms. The lowest BCUT2D eigenvalue weighted by Gasteiger charge is -2.10. The number of carbonyl (C=O) groups excluding carboxylic acids is 1. The fourth-order valence-corrected chi connectivity index (χ4v) is 3.27. The summed E-state index contributed by atoms with van der Waals surface area (Å²) >= 11 is 0. The summed E-state index contributed by atoms with van der Waals surface area (Å²) in [6.45, 7) is 3.81. The quantitative estimate of drug-likeness (QED) is 0.781. The van der Waals surface area contributed by atoms with Crippen LogP contribution in [0.25, 0.3) is 10.9 Å². The summed E-state index contributed by atoms with van der Waals surface area (Å²) in [6, 6.07) is 13.7. The van der Waals surface area contributed by atoms with Gasteiger partial charge in [0.25, 0.3) is 5.91 Å². The van der Waals surface area contributed by atoms with Crippen LogP contribution in [0.4, 0.5) is 5.69 Å². The monoisotopic (exact) mass is 354 g/mol. The molecule has 1 aromatic heterocycles. The fraction of sp³-hybridized carbons (Fsp3) is 0.158. The Balaban J connectivity index is 1.96. The van der Waals surface area contributed by atoms with Crippen LogP contribution in [0, 0.1) is 13.8 Å². The van der Waals surface area contributed by atoms with E-state index in [0.717, 1.165) is 28.4 Å². The third-order valence-electron chi connectivity index (χ3n) is 3.88. The fourth-order valence-electron chi connectivity index (χ4n) is 2.64. The summed E-state index contributed by atoms with van der Waals surface area (Å²) in [5, 5.41) is 3.60. The van der Waals surface area contributed by atoms with Crippen molar-refractivity contribution in [3.63, 3.8) is 0 Å². The minimum Gasteiger partial charge on any atom is -0.322 e. The summed E-state index contributed by atoms with van der Waals surface area (Å²) < 4.78 is 23.0. The van der Waals surface area contributed by atoms with Crippen LogP contribution < -0.4 is 5.32 Å². The smallest absolute Gasteiger partial charge is 0.256 e. The Morgan fingerprint density at radius 3 is 2.32 bits per heavy atom. The van der Waals surface area contributed by atoms with Crippen molar-refractivity contribution >= 4 is 32.3 Å². The van der Waals surface area contributed by atoms with Gasteiger partial charge in [-0.15, -0.1) is 0 Å². The van der Waals surface area contributed by atoms with E-state index in [9.17, 15) is 13.2 Å². The zero-order valence-corrected chi connectivity index (χ0v) is 15.0. The van der Waals surface area contributed by atoms with Crippen LogP contribution in [0.15, 0.2) is 53.4 Å². The lowest BCUT2D eigenvalue weighted by Crippen LogP contribution is -2.13. The van der Waals surface area contributed by atoms with Crippen molar-refractivity contribution in [3.8, 4) is 0 Å². The molecule has 0 saturated heterocycles.